The maximum atomic E-state index is 11.5. The summed E-state index contributed by atoms with van der Waals surface area (Å²) in [7, 11) is -10.1. The average Bonchev–Trinajstić information content (AvgIpc) is 2.58. The summed E-state index contributed by atoms with van der Waals surface area (Å²) in [5.74, 6) is -0.501. The highest BCUT2D eigenvalue weighted by atomic mass is 32.2. The second kappa shape index (κ2) is 8.08. The molecule has 13 heteroatoms. The van der Waals surface area contributed by atoms with E-state index in [0.29, 0.717) is 6.07 Å². The summed E-state index contributed by atoms with van der Waals surface area (Å²) in [6.07, 6.45) is 2.08. The fraction of sp³-hybridized carbons (Fsp3) is 0.0625. The number of rotatable bonds is 6. The van der Waals surface area contributed by atoms with Gasteiger partial charge in [0.1, 0.15) is 20.2 Å². The molecule has 29 heavy (non-hydrogen) atoms. The molecule has 0 radical (unpaired) electrons. The van der Waals surface area contributed by atoms with Gasteiger partial charge in [0, 0.05) is 24.7 Å². The van der Waals surface area contributed by atoms with Gasteiger partial charge in [0.15, 0.2) is 0 Å². The van der Waals surface area contributed by atoms with E-state index in [4.69, 9.17) is 0 Å². The number of nitro benzene ring substituents is 1. The zero-order valence-electron chi connectivity index (χ0n) is 14.6. The van der Waals surface area contributed by atoms with Crippen molar-refractivity contribution in [2.75, 3.05) is 5.32 Å². The van der Waals surface area contributed by atoms with E-state index in [-0.39, 0.29) is 16.8 Å². The molecule has 0 heterocycles. The van der Waals surface area contributed by atoms with Crippen molar-refractivity contribution in [3.8, 4) is 0 Å². The maximum absolute atomic E-state index is 11.5. The van der Waals surface area contributed by atoms with Crippen LogP contribution in [-0.4, -0.2) is 36.8 Å². The normalized spacial score (nSPS) is 12.1. The highest BCUT2D eigenvalue weighted by Gasteiger charge is 2.15. The van der Waals surface area contributed by atoms with Crippen LogP contribution in [0.1, 0.15) is 18.1 Å². The zero-order valence-corrected chi connectivity index (χ0v) is 16.2. The Morgan fingerprint density at radius 3 is 1.86 bits per heavy atom. The fourth-order valence-electron chi connectivity index (χ4n) is 2.34. The zero-order chi connectivity index (χ0) is 22.0. The molecule has 0 saturated carbocycles. The molecule has 1 amide bonds. The van der Waals surface area contributed by atoms with Crippen molar-refractivity contribution in [2.24, 2.45) is 0 Å². The van der Waals surface area contributed by atoms with Crippen molar-refractivity contribution in [2.45, 2.75) is 16.7 Å². The molecule has 2 aromatic rings. The topological polar surface area (TPSA) is 187 Å². The maximum Gasteiger partial charge on any atom is 0.270 e. The van der Waals surface area contributed by atoms with E-state index in [2.05, 4.69) is 5.32 Å². The summed E-state index contributed by atoms with van der Waals surface area (Å²) >= 11 is 0. The summed E-state index contributed by atoms with van der Waals surface area (Å²) in [5.41, 5.74) is -0.978. The third-order valence-electron chi connectivity index (χ3n) is 3.52. The summed E-state index contributed by atoms with van der Waals surface area (Å²) in [6.45, 7) is 1.18. The lowest BCUT2D eigenvalue weighted by atomic mass is 10.1. The summed E-state index contributed by atoms with van der Waals surface area (Å²) in [4.78, 5) is 19.4. The van der Waals surface area contributed by atoms with E-state index in [9.17, 15) is 40.8 Å². The Bertz CT molecular complexity index is 1230. The van der Waals surface area contributed by atoms with Crippen LogP contribution in [0.25, 0.3) is 12.2 Å². The highest BCUT2D eigenvalue weighted by molar-refractivity contribution is 7.86. The van der Waals surface area contributed by atoms with Crippen LogP contribution in [0, 0.1) is 10.1 Å². The van der Waals surface area contributed by atoms with Crippen LogP contribution in [0.15, 0.2) is 46.2 Å². The fourth-order valence-corrected chi connectivity index (χ4v) is 3.73. The second-order valence-corrected chi connectivity index (χ2v) is 8.35. The van der Waals surface area contributed by atoms with Crippen LogP contribution < -0.4 is 5.32 Å². The molecule has 0 aliphatic rings. The number of hydrogen-bond donors (Lipinski definition) is 1. The highest BCUT2D eigenvalue weighted by Crippen LogP contribution is 2.26. The van der Waals surface area contributed by atoms with Gasteiger partial charge in [-0.15, -0.1) is 0 Å². The van der Waals surface area contributed by atoms with Crippen molar-refractivity contribution in [1.29, 1.82) is 0 Å². The van der Waals surface area contributed by atoms with Gasteiger partial charge in [-0.3, -0.25) is 14.9 Å². The number of carbonyl (C=O) groups is 1. The number of non-ortho nitro benzene ring substituents is 1. The number of carbonyl (C=O) groups excluding carboxylic acids is 1. The average molecular weight is 440 g/mol. The molecule has 2 aromatic carbocycles. The molecule has 1 N–H and O–H groups in total. The first-order valence-corrected chi connectivity index (χ1v) is 10.4. The van der Waals surface area contributed by atoms with Gasteiger partial charge in [0.2, 0.25) is 5.91 Å². The van der Waals surface area contributed by atoms with E-state index in [1.165, 1.54) is 19.1 Å². The number of nitrogens with one attached hydrogen (secondary N) is 1. The Morgan fingerprint density at radius 2 is 1.41 bits per heavy atom. The lowest BCUT2D eigenvalue weighted by Gasteiger charge is -2.13. The van der Waals surface area contributed by atoms with Crippen LogP contribution in [0.5, 0.6) is 0 Å². The second-order valence-electron chi connectivity index (χ2n) is 5.65. The number of nitro groups is 1. The van der Waals surface area contributed by atoms with E-state index < -0.39 is 46.5 Å². The quantitative estimate of drug-likeness (QED) is 0.301. The Labute approximate surface area is 165 Å². The molecule has 0 spiro atoms. The number of nitrogens with zero attached hydrogens (tertiary/aromatic N) is 1. The van der Waals surface area contributed by atoms with Crippen LogP contribution in [0.2, 0.25) is 0 Å². The smallest absolute Gasteiger partial charge is 0.270 e. The van der Waals surface area contributed by atoms with Gasteiger partial charge < -0.3 is 14.4 Å². The number of amides is 1. The van der Waals surface area contributed by atoms with Gasteiger partial charge in [-0.05, 0) is 29.3 Å². The Morgan fingerprint density at radius 1 is 0.931 bits per heavy atom. The van der Waals surface area contributed by atoms with Gasteiger partial charge in [-0.1, -0.05) is 18.2 Å². The molecule has 2 rings (SSSR count). The first-order valence-electron chi connectivity index (χ1n) is 7.59. The van der Waals surface area contributed by atoms with Crippen molar-refractivity contribution < 1.29 is 35.7 Å². The van der Waals surface area contributed by atoms with Crippen LogP contribution in [0.4, 0.5) is 11.4 Å². The van der Waals surface area contributed by atoms with Crippen molar-refractivity contribution in [1.82, 2.24) is 0 Å². The SMILES string of the molecule is CC(=O)Nc1ccc(C=Cc2ccc([N+](=O)[O-])cc2S(=O)(=O)[O-])c(S(=O)(=O)[O-])c1. The number of hydrogen-bond acceptors (Lipinski definition) is 9. The van der Waals surface area contributed by atoms with Gasteiger partial charge in [-0.25, -0.2) is 16.8 Å². The molecular weight excluding hydrogens is 428 g/mol. The molecule has 0 atom stereocenters. The molecule has 0 unspecified atom stereocenters. The minimum atomic E-state index is -5.09. The predicted molar refractivity (Wildman–Crippen MR) is 98.7 cm³/mol. The summed E-state index contributed by atoms with van der Waals surface area (Å²) < 4.78 is 68.8. The number of anilines is 1. The lowest BCUT2D eigenvalue weighted by molar-refractivity contribution is -0.385. The molecule has 154 valence electrons. The van der Waals surface area contributed by atoms with Gasteiger partial charge in [0.25, 0.3) is 5.69 Å². The lowest BCUT2D eigenvalue weighted by Crippen LogP contribution is -2.08. The Balaban J connectivity index is 2.59. The van der Waals surface area contributed by atoms with Gasteiger partial charge in [-0.2, -0.15) is 0 Å². The summed E-state index contributed by atoms with van der Waals surface area (Å²) in [5, 5.41) is 13.1. The van der Waals surface area contributed by atoms with E-state index in [0.717, 1.165) is 30.4 Å². The summed E-state index contributed by atoms with van der Waals surface area (Å²) in [6, 6.07) is 5.94. The van der Waals surface area contributed by atoms with Crippen LogP contribution >= 0.6 is 0 Å². The van der Waals surface area contributed by atoms with E-state index in [1.807, 2.05) is 0 Å². The molecule has 0 aliphatic carbocycles. The third-order valence-corrected chi connectivity index (χ3v) is 5.31. The number of benzene rings is 2. The van der Waals surface area contributed by atoms with Gasteiger partial charge in [0.05, 0.1) is 14.7 Å². The molecule has 0 aliphatic heterocycles. The van der Waals surface area contributed by atoms with Crippen molar-refractivity contribution in [3.63, 3.8) is 0 Å². The minimum absolute atomic E-state index is 0.0437. The van der Waals surface area contributed by atoms with Crippen molar-refractivity contribution >= 4 is 49.7 Å². The van der Waals surface area contributed by atoms with Gasteiger partial charge >= 0.3 is 0 Å². The Kier molecular flexibility index (Phi) is 6.18. The Hall–Kier alpha value is -3.13. The molecule has 0 fully saturated rings. The molecular formula is C16H12N2O9S2-2. The largest absolute Gasteiger partial charge is 0.744 e. The van der Waals surface area contributed by atoms with Crippen LogP contribution in [0.3, 0.4) is 0 Å². The predicted octanol–water partition coefficient (Wildman–Crippen LogP) is 1.53. The first kappa shape index (κ1) is 22.2. The first-order chi connectivity index (χ1) is 13.3. The molecule has 0 bridgehead atoms. The molecule has 11 nitrogen and oxygen atoms in total. The molecule has 0 aromatic heterocycles. The standard InChI is InChI=1S/C16H14N2O9S2/c1-10(19)17-13-6-4-11(15(8-13)28(22,23)24)2-3-12-5-7-14(18(20)21)9-16(12)29(25,26)27/h2-9H,1H3,(H,17,19)(H,22,23,24)(H,25,26,27)/p-2. The third kappa shape index (κ3) is 5.68. The molecule has 0 saturated heterocycles. The van der Waals surface area contributed by atoms with Crippen molar-refractivity contribution in [3.05, 3.63) is 57.6 Å². The van der Waals surface area contributed by atoms with E-state index >= 15 is 0 Å². The minimum Gasteiger partial charge on any atom is -0.744 e. The van der Waals surface area contributed by atoms with Crippen LogP contribution in [-0.2, 0) is 25.0 Å². The van der Waals surface area contributed by atoms with E-state index in [1.54, 1.807) is 0 Å². The monoisotopic (exact) mass is 440 g/mol.